The maximum absolute atomic E-state index is 5.27. The fourth-order valence-electron chi connectivity index (χ4n) is 6.40. The quantitative estimate of drug-likeness (QED) is 0.164. The van der Waals surface area contributed by atoms with E-state index in [1.165, 1.54) is 32.3 Å². The lowest BCUT2D eigenvalue weighted by atomic mass is 9.92. The minimum atomic E-state index is 0.889. The summed E-state index contributed by atoms with van der Waals surface area (Å²) in [5, 5.41) is 11.9. The summed E-state index contributed by atoms with van der Waals surface area (Å²) in [7, 11) is 0. The average Bonchev–Trinajstić information content (AvgIpc) is 3.03. The van der Waals surface area contributed by atoms with Crippen molar-refractivity contribution >= 4 is 75.9 Å². The van der Waals surface area contributed by atoms with E-state index in [0.29, 0.717) is 0 Å². The van der Waals surface area contributed by atoms with Gasteiger partial charge in [0.25, 0.3) is 0 Å². The topological polar surface area (TPSA) is 38.7 Å². The van der Waals surface area contributed by atoms with E-state index >= 15 is 0 Å². The van der Waals surface area contributed by atoms with Gasteiger partial charge in [0.05, 0.1) is 27.8 Å². The first-order valence-corrected chi connectivity index (χ1v) is 13.5. The number of nitrogens with zero attached hydrogens (tertiary/aromatic N) is 3. The molecule has 0 aliphatic carbocycles. The number of rotatable bonds is 1. The van der Waals surface area contributed by atoms with Crippen LogP contribution >= 0.6 is 0 Å². The summed E-state index contributed by atoms with van der Waals surface area (Å²) in [5.41, 5.74) is 5.70. The van der Waals surface area contributed by atoms with E-state index in [1.807, 2.05) is 12.3 Å². The standard InChI is InChI=1S/C37H21N3/c1-2-11-27-25(9-1)26-10-3-4-12-28(26)32-20-23(17-18-29(27)32)34-30-13-5-6-14-31(30)37-33(39-34)21-24-16-15-22-8-7-19-38-35(22)36(24)40-37/h1-21H. The molecule has 3 heteroatoms. The Hall–Kier alpha value is -5.41. The third-order valence-corrected chi connectivity index (χ3v) is 8.22. The molecule has 0 bridgehead atoms. The molecule has 0 aliphatic rings. The molecule has 0 spiro atoms. The van der Waals surface area contributed by atoms with E-state index in [0.717, 1.165) is 54.9 Å². The predicted molar refractivity (Wildman–Crippen MR) is 168 cm³/mol. The molecule has 3 heterocycles. The molecule has 6 aromatic carbocycles. The first kappa shape index (κ1) is 21.5. The van der Waals surface area contributed by atoms with Gasteiger partial charge in [-0.25, -0.2) is 9.97 Å². The second-order valence-electron chi connectivity index (χ2n) is 10.4. The number of pyridine rings is 3. The highest BCUT2D eigenvalue weighted by atomic mass is 14.8. The van der Waals surface area contributed by atoms with Crippen molar-refractivity contribution in [2.45, 2.75) is 0 Å². The van der Waals surface area contributed by atoms with Crippen LogP contribution in [0.4, 0.5) is 0 Å². The van der Waals surface area contributed by atoms with Crippen molar-refractivity contribution in [3.05, 3.63) is 128 Å². The highest BCUT2D eigenvalue weighted by Crippen LogP contribution is 2.39. The smallest absolute Gasteiger partial charge is 0.0974 e. The van der Waals surface area contributed by atoms with Crippen LogP contribution < -0.4 is 0 Å². The normalized spacial score (nSPS) is 12.0. The summed E-state index contributed by atoms with van der Waals surface area (Å²) in [5.74, 6) is 0. The predicted octanol–water partition coefficient (Wildman–Crippen LogP) is 9.61. The third kappa shape index (κ3) is 2.97. The van der Waals surface area contributed by atoms with Crippen molar-refractivity contribution in [3.8, 4) is 11.3 Å². The fourth-order valence-corrected chi connectivity index (χ4v) is 6.40. The van der Waals surface area contributed by atoms with E-state index < -0.39 is 0 Å². The average molecular weight is 508 g/mol. The molecule has 3 aromatic heterocycles. The van der Waals surface area contributed by atoms with Gasteiger partial charge in [0, 0.05) is 33.3 Å². The van der Waals surface area contributed by atoms with E-state index in [-0.39, 0.29) is 0 Å². The number of aromatic nitrogens is 3. The SMILES string of the molecule is c1cnc2c(c1)ccc1cc3nc(-c4ccc5c6ccccc6c6ccccc6c5c4)c4ccccc4c3nc12. The zero-order valence-corrected chi connectivity index (χ0v) is 21.5. The van der Waals surface area contributed by atoms with Gasteiger partial charge in [-0.2, -0.15) is 0 Å². The zero-order valence-electron chi connectivity index (χ0n) is 21.5. The molecule has 0 saturated carbocycles. The summed E-state index contributed by atoms with van der Waals surface area (Å²) in [4.78, 5) is 15.1. The van der Waals surface area contributed by atoms with Crippen LogP contribution in [0.5, 0.6) is 0 Å². The number of hydrogen-bond donors (Lipinski definition) is 0. The van der Waals surface area contributed by atoms with Gasteiger partial charge in [0.2, 0.25) is 0 Å². The molecular formula is C37H21N3. The van der Waals surface area contributed by atoms with Crippen LogP contribution in [-0.2, 0) is 0 Å². The van der Waals surface area contributed by atoms with E-state index in [4.69, 9.17) is 9.97 Å². The van der Waals surface area contributed by atoms with E-state index in [9.17, 15) is 0 Å². The van der Waals surface area contributed by atoms with Crippen molar-refractivity contribution in [3.63, 3.8) is 0 Å². The second kappa shape index (κ2) is 8.05. The lowest BCUT2D eigenvalue weighted by Gasteiger charge is -2.14. The number of hydrogen-bond acceptors (Lipinski definition) is 3. The molecular weight excluding hydrogens is 486 g/mol. The molecule has 0 unspecified atom stereocenters. The Morgan fingerprint density at radius 2 is 1.00 bits per heavy atom. The first-order chi connectivity index (χ1) is 19.8. The van der Waals surface area contributed by atoms with Gasteiger partial charge >= 0.3 is 0 Å². The van der Waals surface area contributed by atoms with Crippen LogP contribution in [0.2, 0.25) is 0 Å². The Morgan fingerprint density at radius 1 is 0.375 bits per heavy atom. The Bertz CT molecular complexity index is 2460. The number of fused-ring (bicyclic) bond motifs is 12. The largest absolute Gasteiger partial charge is 0.254 e. The van der Waals surface area contributed by atoms with Crippen LogP contribution in [0.3, 0.4) is 0 Å². The van der Waals surface area contributed by atoms with Crippen LogP contribution in [0.25, 0.3) is 87.2 Å². The van der Waals surface area contributed by atoms with Gasteiger partial charge in [-0.3, -0.25) is 4.98 Å². The highest BCUT2D eigenvalue weighted by molar-refractivity contribution is 6.26. The lowest BCUT2D eigenvalue weighted by Crippen LogP contribution is -1.94. The third-order valence-electron chi connectivity index (χ3n) is 8.22. The van der Waals surface area contributed by atoms with Crippen LogP contribution in [0.15, 0.2) is 128 Å². The maximum atomic E-state index is 5.27. The Kier molecular flexibility index (Phi) is 4.33. The first-order valence-electron chi connectivity index (χ1n) is 13.5. The number of benzene rings is 6. The van der Waals surface area contributed by atoms with Gasteiger partial charge < -0.3 is 0 Å². The minimum Gasteiger partial charge on any atom is -0.254 e. The second-order valence-corrected chi connectivity index (χ2v) is 10.4. The molecule has 184 valence electrons. The van der Waals surface area contributed by atoms with Crippen molar-refractivity contribution in [2.24, 2.45) is 0 Å². The van der Waals surface area contributed by atoms with Crippen molar-refractivity contribution < 1.29 is 0 Å². The maximum Gasteiger partial charge on any atom is 0.0974 e. The highest BCUT2D eigenvalue weighted by Gasteiger charge is 2.15. The Labute approximate surface area is 229 Å². The molecule has 0 N–H and O–H groups in total. The molecule has 9 aromatic rings. The Balaban J connectivity index is 1.38. The van der Waals surface area contributed by atoms with E-state index in [2.05, 4.69) is 120 Å². The molecule has 0 atom stereocenters. The van der Waals surface area contributed by atoms with Gasteiger partial charge in [0.1, 0.15) is 0 Å². The Morgan fingerprint density at radius 3 is 1.75 bits per heavy atom. The fraction of sp³-hybridized carbons (Fsp3) is 0. The molecule has 0 fully saturated rings. The van der Waals surface area contributed by atoms with Gasteiger partial charge in [-0.15, -0.1) is 0 Å². The molecule has 0 aliphatic heterocycles. The van der Waals surface area contributed by atoms with Gasteiger partial charge in [-0.05, 0) is 50.5 Å². The molecule has 3 nitrogen and oxygen atoms in total. The van der Waals surface area contributed by atoms with Crippen molar-refractivity contribution in [2.75, 3.05) is 0 Å². The minimum absolute atomic E-state index is 0.889. The summed E-state index contributed by atoms with van der Waals surface area (Å²) in [6.45, 7) is 0. The molecule has 40 heavy (non-hydrogen) atoms. The van der Waals surface area contributed by atoms with Crippen LogP contribution in [0, 0.1) is 0 Å². The lowest BCUT2D eigenvalue weighted by molar-refractivity contribution is 1.38. The molecule has 0 amide bonds. The molecule has 0 radical (unpaired) electrons. The van der Waals surface area contributed by atoms with Crippen molar-refractivity contribution in [1.82, 2.24) is 15.0 Å². The summed E-state index contributed by atoms with van der Waals surface area (Å²) < 4.78 is 0. The van der Waals surface area contributed by atoms with Crippen molar-refractivity contribution in [1.29, 1.82) is 0 Å². The summed E-state index contributed by atoms with van der Waals surface area (Å²) in [6, 6.07) is 43.1. The summed E-state index contributed by atoms with van der Waals surface area (Å²) in [6.07, 6.45) is 1.83. The zero-order chi connectivity index (χ0) is 26.2. The van der Waals surface area contributed by atoms with Crippen LogP contribution in [0.1, 0.15) is 0 Å². The summed E-state index contributed by atoms with van der Waals surface area (Å²) >= 11 is 0. The van der Waals surface area contributed by atoms with Crippen LogP contribution in [-0.4, -0.2) is 15.0 Å². The van der Waals surface area contributed by atoms with Gasteiger partial charge in [0.15, 0.2) is 0 Å². The van der Waals surface area contributed by atoms with E-state index in [1.54, 1.807) is 0 Å². The molecule has 0 saturated heterocycles. The molecule has 9 rings (SSSR count). The monoisotopic (exact) mass is 507 g/mol. The van der Waals surface area contributed by atoms with Gasteiger partial charge in [-0.1, -0.05) is 103 Å².